The van der Waals surface area contributed by atoms with Crippen LogP contribution in [0.2, 0.25) is 10.0 Å². The van der Waals surface area contributed by atoms with Gasteiger partial charge in [0.15, 0.2) is 0 Å². The number of hydrogen-bond acceptors (Lipinski definition) is 2. The van der Waals surface area contributed by atoms with Crippen LogP contribution in [0.3, 0.4) is 0 Å². The first kappa shape index (κ1) is 19.9. The minimum atomic E-state index is -4.46. The minimum Gasteiger partial charge on any atom is -0.439 e. The molecule has 0 aromatic heterocycles. The zero-order chi connectivity index (χ0) is 20.2. The third-order valence-corrected chi connectivity index (χ3v) is 6.27. The van der Waals surface area contributed by atoms with E-state index in [9.17, 15) is 18.0 Å². The molecule has 9 heteroatoms. The number of halogens is 6. The quantitative estimate of drug-likeness (QED) is 0.442. The molecule has 2 aliphatic rings. The van der Waals surface area contributed by atoms with Crippen molar-refractivity contribution in [2.45, 2.75) is 37.2 Å². The Morgan fingerprint density at radius 1 is 1.07 bits per heavy atom. The number of fused-ring (bicyclic) bond motifs is 1. The predicted octanol–water partition coefficient (Wildman–Crippen LogP) is 7.17. The number of benzene rings is 2. The SMILES string of the molecule is O=C1O[C@H](c2cc(Cl)cc(Cl)c2)[C@@H]2CC[C@@H](c3cc(C(F)(F)F)ccc3Br)N12. The average Bonchev–Trinajstić information content (AvgIpc) is 3.15. The lowest BCUT2D eigenvalue weighted by atomic mass is 10.00. The normalized spacial score (nSPS) is 24.4. The summed E-state index contributed by atoms with van der Waals surface area (Å²) in [7, 11) is 0. The van der Waals surface area contributed by atoms with E-state index in [0.717, 1.165) is 12.1 Å². The summed E-state index contributed by atoms with van der Waals surface area (Å²) >= 11 is 15.4. The summed E-state index contributed by atoms with van der Waals surface area (Å²) in [5.74, 6) is 0. The molecule has 2 aromatic carbocycles. The number of rotatable bonds is 2. The molecular formula is C19H13BrCl2F3NO2. The van der Waals surface area contributed by atoms with Crippen molar-refractivity contribution in [1.82, 2.24) is 4.90 Å². The molecule has 4 rings (SSSR count). The summed E-state index contributed by atoms with van der Waals surface area (Å²) in [6.45, 7) is 0. The zero-order valence-corrected chi connectivity index (χ0v) is 17.2. The number of amides is 1. The molecule has 3 nitrogen and oxygen atoms in total. The highest BCUT2D eigenvalue weighted by Gasteiger charge is 2.51. The van der Waals surface area contributed by atoms with Gasteiger partial charge in [0.1, 0.15) is 6.10 Å². The number of hydrogen-bond donors (Lipinski definition) is 0. The van der Waals surface area contributed by atoms with Gasteiger partial charge >= 0.3 is 12.3 Å². The molecule has 2 heterocycles. The minimum absolute atomic E-state index is 0.298. The summed E-state index contributed by atoms with van der Waals surface area (Å²) in [5.41, 5.74) is 0.334. The monoisotopic (exact) mass is 493 g/mol. The van der Waals surface area contributed by atoms with Crippen LogP contribution in [0.15, 0.2) is 40.9 Å². The lowest BCUT2D eigenvalue weighted by molar-refractivity contribution is -0.137. The zero-order valence-electron chi connectivity index (χ0n) is 14.1. The Labute approximate surface area is 177 Å². The molecule has 0 N–H and O–H groups in total. The van der Waals surface area contributed by atoms with Crippen LogP contribution in [0.25, 0.3) is 0 Å². The fourth-order valence-electron chi connectivity index (χ4n) is 3.96. The Morgan fingerprint density at radius 3 is 2.39 bits per heavy atom. The van der Waals surface area contributed by atoms with Crippen molar-refractivity contribution in [3.63, 3.8) is 0 Å². The summed E-state index contributed by atoms with van der Waals surface area (Å²) < 4.78 is 45.5. The molecule has 28 heavy (non-hydrogen) atoms. The highest BCUT2D eigenvalue weighted by atomic mass is 79.9. The molecule has 3 atom stereocenters. The maximum absolute atomic E-state index is 13.1. The molecule has 0 bridgehead atoms. The first-order valence-corrected chi connectivity index (χ1v) is 10.0. The summed E-state index contributed by atoms with van der Waals surface area (Å²) in [4.78, 5) is 14.1. The van der Waals surface area contributed by atoms with Gasteiger partial charge in [0.2, 0.25) is 0 Å². The van der Waals surface area contributed by atoms with Gasteiger partial charge in [0, 0.05) is 14.5 Å². The van der Waals surface area contributed by atoms with Crippen molar-refractivity contribution in [3.05, 3.63) is 67.6 Å². The highest BCUT2D eigenvalue weighted by molar-refractivity contribution is 9.10. The lowest BCUT2D eigenvalue weighted by Gasteiger charge is -2.24. The number of cyclic esters (lactones) is 1. The Bertz CT molecular complexity index is 933. The van der Waals surface area contributed by atoms with E-state index in [1.807, 2.05) is 0 Å². The van der Waals surface area contributed by atoms with Crippen molar-refractivity contribution < 1.29 is 22.7 Å². The van der Waals surface area contributed by atoms with Gasteiger partial charge in [-0.15, -0.1) is 0 Å². The maximum atomic E-state index is 13.1. The second-order valence-corrected chi connectivity index (χ2v) is 8.54. The van der Waals surface area contributed by atoms with Gasteiger partial charge in [-0.1, -0.05) is 39.1 Å². The van der Waals surface area contributed by atoms with E-state index in [1.165, 1.54) is 11.0 Å². The van der Waals surface area contributed by atoms with Gasteiger partial charge in [-0.05, 0) is 60.4 Å². The van der Waals surface area contributed by atoms with Crippen LogP contribution in [-0.2, 0) is 10.9 Å². The largest absolute Gasteiger partial charge is 0.439 e. The van der Waals surface area contributed by atoms with Crippen molar-refractivity contribution >= 4 is 45.2 Å². The van der Waals surface area contributed by atoms with Crippen molar-refractivity contribution in [2.24, 2.45) is 0 Å². The first-order chi connectivity index (χ1) is 13.1. The molecule has 0 unspecified atom stereocenters. The molecule has 0 aliphatic carbocycles. The van der Waals surface area contributed by atoms with Crippen molar-refractivity contribution in [1.29, 1.82) is 0 Å². The number of alkyl halides is 3. The molecule has 1 amide bonds. The van der Waals surface area contributed by atoms with Crippen LogP contribution in [0.1, 0.15) is 41.7 Å². The van der Waals surface area contributed by atoms with Crippen molar-refractivity contribution in [3.8, 4) is 0 Å². The Hall–Kier alpha value is -1.44. The van der Waals surface area contributed by atoms with Gasteiger partial charge in [-0.2, -0.15) is 13.2 Å². The molecule has 2 saturated heterocycles. The second kappa shape index (κ2) is 7.11. The first-order valence-electron chi connectivity index (χ1n) is 8.47. The van der Waals surface area contributed by atoms with Crippen LogP contribution in [-0.4, -0.2) is 17.0 Å². The highest BCUT2D eigenvalue weighted by Crippen LogP contribution is 2.49. The van der Waals surface area contributed by atoms with Crippen molar-refractivity contribution in [2.75, 3.05) is 0 Å². The molecular weight excluding hydrogens is 482 g/mol. The summed E-state index contributed by atoms with van der Waals surface area (Å²) in [6.07, 6.45) is -4.46. The van der Waals surface area contributed by atoms with Gasteiger partial charge in [0.05, 0.1) is 17.6 Å². The van der Waals surface area contributed by atoms with Gasteiger partial charge in [-0.3, -0.25) is 4.90 Å². The molecule has 2 fully saturated rings. The van der Waals surface area contributed by atoms with E-state index in [1.54, 1.807) is 18.2 Å². The Balaban J connectivity index is 1.69. The number of nitrogens with zero attached hydrogens (tertiary/aromatic N) is 1. The molecule has 0 saturated carbocycles. The Kier molecular flexibility index (Phi) is 5.04. The van der Waals surface area contributed by atoms with E-state index in [2.05, 4.69) is 15.9 Å². The lowest BCUT2D eigenvalue weighted by Crippen LogP contribution is -2.30. The maximum Gasteiger partial charge on any atom is 0.416 e. The van der Waals surface area contributed by atoms with E-state index >= 15 is 0 Å². The average molecular weight is 495 g/mol. The van der Waals surface area contributed by atoms with Gasteiger partial charge < -0.3 is 4.74 Å². The van der Waals surface area contributed by atoms with Crippen LogP contribution < -0.4 is 0 Å². The molecule has 0 spiro atoms. The van der Waals surface area contributed by atoms with Crippen LogP contribution in [0.4, 0.5) is 18.0 Å². The fourth-order valence-corrected chi connectivity index (χ4v) is 5.01. The van der Waals surface area contributed by atoms with Gasteiger partial charge in [-0.25, -0.2) is 4.79 Å². The topological polar surface area (TPSA) is 29.5 Å². The van der Waals surface area contributed by atoms with E-state index in [0.29, 0.717) is 38.5 Å². The fraction of sp³-hybridized carbons (Fsp3) is 0.316. The Morgan fingerprint density at radius 2 is 1.75 bits per heavy atom. The number of carbonyl (C=O) groups is 1. The van der Waals surface area contributed by atoms with Crippen LogP contribution >= 0.6 is 39.1 Å². The summed E-state index contributed by atoms with van der Waals surface area (Å²) in [5, 5.41) is 0.847. The molecule has 2 aliphatic heterocycles. The number of carbonyl (C=O) groups excluding carboxylic acids is 1. The van der Waals surface area contributed by atoms with Gasteiger partial charge in [0.25, 0.3) is 0 Å². The smallest absolute Gasteiger partial charge is 0.416 e. The van der Waals surface area contributed by atoms with Crippen LogP contribution in [0.5, 0.6) is 0 Å². The molecule has 148 valence electrons. The number of ether oxygens (including phenoxy) is 1. The molecule has 0 radical (unpaired) electrons. The third-order valence-electron chi connectivity index (χ3n) is 5.11. The second-order valence-electron chi connectivity index (χ2n) is 6.81. The van der Waals surface area contributed by atoms with E-state index in [-0.39, 0.29) is 6.04 Å². The summed E-state index contributed by atoms with van der Waals surface area (Å²) in [6, 6.07) is 7.61. The van der Waals surface area contributed by atoms with E-state index < -0.39 is 30.0 Å². The molecule has 2 aromatic rings. The predicted molar refractivity (Wildman–Crippen MR) is 102 cm³/mol. The van der Waals surface area contributed by atoms with E-state index in [4.69, 9.17) is 27.9 Å². The standard InChI is InChI=1S/C19H13BrCl2F3NO2/c20-14-2-1-10(19(23,24)25)7-13(14)15-3-4-16-17(28-18(27)26(15)16)9-5-11(21)8-12(22)6-9/h1-2,5-8,15-17H,3-4H2/t15-,16-,17+/m0/s1. The van der Waals surface area contributed by atoms with Crippen LogP contribution in [0, 0.1) is 0 Å². The third kappa shape index (κ3) is 3.48.